The second kappa shape index (κ2) is 17.7. The summed E-state index contributed by atoms with van der Waals surface area (Å²) in [6, 6.07) is 16.7. The van der Waals surface area contributed by atoms with E-state index in [9.17, 15) is 15.0 Å². The lowest BCUT2D eigenvalue weighted by Gasteiger charge is -2.32. The molecule has 2 rings (SSSR count). The molecule has 0 saturated heterocycles. The SMILES string of the molecule is C=C/C=C\C.CC(C)=O.CC(C)N(CC[C@H](c1ccccc1)c1cc(CO)ccc1O)C(C)C. The molecule has 0 aliphatic rings. The summed E-state index contributed by atoms with van der Waals surface area (Å²) in [6.45, 7) is 18.3. The van der Waals surface area contributed by atoms with Gasteiger partial charge in [-0.05, 0) is 84.7 Å². The molecule has 0 bridgehead atoms. The smallest absolute Gasteiger partial charge is 0.126 e. The number of benzene rings is 2. The molecule has 2 aromatic carbocycles. The molecule has 34 heavy (non-hydrogen) atoms. The summed E-state index contributed by atoms with van der Waals surface area (Å²) in [5, 5.41) is 19.9. The van der Waals surface area contributed by atoms with Crippen LogP contribution in [0.25, 0.3) is 0 Å². The number of aliphatic hydroxyl groups is 1. The number of carbonyl (C=O) groups is 1. The first-order chi connectivity index (χ1) is 16.1. The molecule has 0 fully saturated rings. The third-order valence-corrected chi connectivity index (χ3v) is 5.18. The molecule has 4 heteroatoms. The van der Waals surface area contributed by atoms with E-state index in [-0.39, 0.29) is 18.3 Å². The van der Waals surface area contributed by atoms with Crippen LogP contribution in [0.2, 0.25) is 0 Å². The van der Waals surface area contributed by atoms with Gasteiger partial charge in [0, 0.05) is 23.6 Å². The molecule has 0 spiro atoms. The molecule has 0 radical (unpaired) electrons. The van der Waals surface area contributed by atoms with E-state index in [1.54, 1.807) is 18.2 Å². The van der Waals surface area contributed by atoms with Crippen LogP contribution in [-0.4, -0.2) is 39.5 Å². The van der Waals surface area contributed by atoms with E-state index in [1.807, 2.05) is 43.3 Å². The molecule has 0 aliphatic carbocycles. The molecule has 2 aromatic rings. The van der Waals surface area contributed by atoms with Crippen molar-refractivity contribution in [2.75, 3.05) is 6.54 Å². The van der Waals surface area contributed by atoms with Gasteiger partial charge in [0.05, 0.1) is 6.61 Å². The first-order valence-electron chi connectivity index (χ1n) is 12.0. The van der Waals surface area contributed by atoms with Crippen molar-refractivity contribution < 1.29 is 15.0 Å². The average Bonchev–Trinajstić information content (AvgIpc) is 2.78. The normalized spacial score (nSPS) is 11.6. The number of aromatic hydroxyl groups is 1. The summed E-state index contributed by atoms with van der Waals surface area (Å²) in [7, 11) is 0. The Bertz CT molecular complexity index is 845. The molecule has 0 amide bonds. The Morgan fingerprint density at radius 1 is 1.03 bits per heavy atom. The summed E-state index contributed by atoms with van der Waals surface area (Å²) in [4.78, 5) is 11.9. The van der Waals surface area contributed by atoms with Gasteiger partial charge in [-0.1, -0.05) is 61.2 Å². The van der Waals surface area contributed by atoms with Crippen LogP contribution in [0, 0.1) is 0 Å². The highest BCUT2D eigenvalue weighted by atomic mass is 16.3. The van der Waals surface area contributed by atoms with Crippen LogP contribution in [0.1, 0.15) is 77.5 Å². The van der Waals surface area contributed by atoms with Gasteiger partial charge in [-0.2, -0.15) is 0 Å². The molecular weight excluding hydrogens is 422 g/mol. The van der Waals surface area contributed by atoms with Crippen molar-refractivity contribution in [3.05, 3.63) is 90.0 Å². The highest BCUT2D eigenvalue weighted by Gasteiger charge is 2.21. The standard InChI is InChI=1S/C22H31NO2.C5H8.C3H6O/c1-16(2)23(17(3)4)13-12-20(19-8-6-5-7-9-19)21-14-18(15-24)10-11-22(21)25;1-3-5-4-2;1-3(2)4/h5-11,14,16-17,20,24-25H,12-13,15H2,1-4H3;3-5H,1H2,2H3;1-2H3/b;5-4-;/t20-;;/m1../s1. The fourth-order valence-corrected chi connectivity index (χ4v) is 3.70. The molecule has 0 unspecified atom stereocenters. The van der Waals surface area contributed by atoms with Crippen molar-refractivity contribution in [3.8, 4) is 5.75 Å². The highest BCUT2D eigenvalue weighted by Crippen LogP contribution is 2.35. The van der Waals surface area contributed by atoms with Crippen LogP contribution in [0.5, 0.6) is 5.75 Å². The molecule has 4 nitrogen and oxygen atoms in total. The van der Waals surface area contributed by atoms with Gasteiger partial charge in [0.25, 0.3) is 0 Å². The van der Waals surface area contributed by atoms with Crippen molar-refractivity contribution in [3.63, 3.8) is 0 Å². The number of ketones is 1. The monoisotopic (exact) mass is 467 g/mol. The minimum atomic E-state index is -0.0150. The Kier molecular flexibility index (Phi) is 16.3. The van der Waals surface area contributed by atoms with Crippen LogP contribution in [-0.2, 0) is 11.4 Å². The lowest BCUT2D eigenvalue weighted by Crippen LogP contribution is -2.38. The van der Waals surface area contributed by atoms with E-state index in [0.29, 0.717) is 17.8 Å². The van der Waals surface area contributed by atoms with Crippen molar-refractivity contribution >= 4 is 5.78 Å². The third-order valence-electron chi connectivity index (χ3n) is 5.18. The predicted octanol–water partition coefficient (Wildman–Crippen LogP) is 6.87. The molecular formula is C30H45NO3. The number of phenols is 1. The van der Waals surface area contributed by atoms with Gasteiger partial charge < -0.3 is 15.0 Å². The number of hydrogen-bond donors (Lipinski definition) is 2. The molecule has 0 aromatic heterocycles. The number of rotatable bonds is 9. The largest absolute Gasteiger partial charge is 0.508 e. The third kappa shape index (κ3) is 12.5. The quantitative estimate of drug-likeness (QED) is 0.395. The Balaban J connectivity index is 0.00000103. The van der Waals surface area contributed by atoms with Gasteiger partial charge in [-0.3, -0.25) is 4.90 Å². The Hall–Kier alpha value is -2.69. The number of phenolic OH excluding ortho intramolecular Hbond substituents is 1. The van der Waals surface area contributed by atoms with E-state index >= 15 is 0 Å². The lowest BCUT2D eigenvalue weighted by molar-refractivity contribution is -0.114. The van der Waals surface area contributed by atoms with Crippen LogP contribution < -0.4 is 0 Å². The second-order valence-electron chi connectivity index (χ2n) is 8.90. The molecule has 1 atom stereocenters. The Morgan fingerprint density at radius 2 is 1.59 bits per heavy atom. The van der Waals surface area contributed by atoms with Crippen LogP contribution in [0.15, 0.2) is 73.3 Å². The molecule has 188 valence electrons. The fourth-order valence-electron chi connectivity index (χ4n) is 3.70. The maximum atomic E-state index is 10.5. The number of allylic oxidation sites excluding steroid dienone is 3. The van der Waals surface area contributed by atoms with E-state index in [1.165, 1.54) is 19.4 Å². The van der Waals surface area contributed by atoms with Crippen molar-refractivity contribution in [1.82, 2.24) is 4.90 Å². The Labute approximate surface area is 207 Å². The van der Waals surface area contributed by atoms with Gasteiger partial charge in [0.1, 0.15) is 11.5 Å². The van der Waals surface area contributed by atoms with Crippen LogP contribution in [0.4, 0.5) is 0 Å². The number of carbonyl (C=O) groups excluding carboxylic acids is 1. The number of hydrogen-bond acceptors (Lipinski definition) is 4. The zero-order chi connectivity index (χ0) is 26.1. The molecule has 2 N–H and O–H groups in total. The summed E-state index contributed by atoms with van der Waals surface area (Å²) >= 11 is 0. The molecule has 0 heterocycles. The van der Waals surface area contributed by atoms with Gasteiger partial charge in [-0.25, -0.2) is 0 Å². The van der Waals surface area contributed by atoms with Crippen LogP contribution in [0.3, 0.4) is 0 Å². The second-order valence-corrected chi connectivity index (χ2v) is 8.90. The summed E-state index contributed by atoms with van der Waals surface area (Å²) in [5.74, 6) is 0.569. The minimum absolute atomic E-state index is 0.0150. The highest BCUT2D eigenvalue weighted by molar-refractivity contribution is 5.72. The topological polar surface area (TPSA) is 60.8 Å². The lowest BCUT2D eigenvalue weighted by atomic mass is 9.86. The van der Waals surface area contributed by atoms with Gasteiger partial charge in [-0.15, -0.1) is 0 Å². The van der Waals surface area contributed by atoms with Gasteiger partial charge in [0.15, 0.2) is 0 Å². The number of nitrogens with zero attached hydrogens (tertiary/aromatic N) is 1. The van der Waals surface area contributed by atoms with Crippen molar-refractivity contribution in [1.29, 1.82) is 0 Å². The van der Waals surface area contributed by atoms with Gasteiger partial charge >= 0.3 is 0 Å². The fraction of sp³-hybridized carbons (Fsp3) is 0.433. The maximum absolute atomic E-state index is 10.5. The zero-order valence-corrected chi connectivity index (χ0v) is 22.2. The van der Waals surface area contributed by atoms with E-state index in [4.69, 9.17) is 0 Å². The predicted molar refractivity (Wildman–Crippen MR) is 145 cm³/mol. The van der Waals surface area contributed by atoms with E-state index in [2.05, 4.69) is 51.3 Å². The summed E-state index contributed by atoms with van der Waals surface area (Å²) in [5.41, 5.74) is 2.92. The summed E-state index contributed by atoms with van der Waals surface area (Å²) in [6.07, 6.45) is 6.50. The zero-order valence-electron chi connectivity index (χ0n) is 22.2. The number of Topliss-reactive ketones (excluding diaryl/α,β-unsaturated/α-hetero) is 1. The summed E-state index contributed by atoms with van der Waals surface area (Å²) < 4.78 is 0. The number of aliphatic hydroxyl groups excluding tert-OH is 1. The average molecular weight is 468 g/mol. The minimum Gasteiger partial charge on any atom is -0.508 e. The van der Waals surface area contributed by atoms with Crippen molar-refractivity contribution in [2.45, 2.75) is 79.5 Å². The molecule has 0 saturated carbocycles. The van der Waals surface area contributed by atoms with Crippen molar-refractivity contribution in [2.24, 2.45) is 0 Å². The van der Waals surface area contributed by atoms with Gasteiger partial charge in [0.2, 0.25) is 0 Å². The first kappa shape index (κ1) is 31.3. The first-order valence-corrected chi connectivity index (χ1v) is 12.0. The molecule has 0 aliphatic heterocycles. The van der Waals surface area contributed by atoms with Crippen LogP contribution >= 0.6 is 0 Å². The maximum Gasteiger partial charge on any atom is 0.126 e. The van der Waals surface area contributed by atoms with E-state index < -0.39 is 0 Å². The Morgan fingerprint density at radius 3 is 2.00 bits per heavy atom. The van der Waals surface area contributed by atoms with E-state index in [0.717, 1.165) is 24.1 Å².